The molecule has 7 heteroatoms. The van der Waals surface area contributed by atoms with Gasteiger partial charge in [-0.15, -0.1) is 0 Å². The summed E-state index contributed by atoms with van der Waals surface area (Å²) in [4.78, 5) is 29.1. The number of carbonyl (C=O) groups excluding carboxylic acids is 1. The van der Waals surface area contributed by atoms with Crippen molar-refractivity contribution in [2.24, 2.45) is 0 Å². The lowest BCUT2D eigenvalue weighted by Gasteiger charge is -2.08. The smallest absolute Gasteiger partial charge is 0.346 e. The number of carbonyl (C=O) groups is 1. The number of rotatable bonds is 4. The number of H-pyrrole nitrogens is 1. The molecule has 0 atom stereocenters. The van der Waals surface area contributed by atoms with Gasteiger partial charge in [0.25, 0.3) is 0 Å². The van der Waals surface area contributed by atoms with Crippen LogP contribution in [0.2, 0.25) is 0 Å². The number of aromatic nitrogens is 2. The van der Waals surface area contributed by atoms with Crippen molar-refractivity contribution in [1.82, 2.24) is 9.97 Å². The Hall–Kier alpha value is -1.08. The summed E-state index contributed by atoms with van der Waals surface area (Å²) in [5, 5.41) is 0.346. The SMILES string of the molecule is C=C(Br)CSc1nc(=O)[nH]c(C)c1C(=O)OC. The molecule has 1 N–H and O–H groups in total. The highest BCUT2D eigenvalue weighted by Crippen LogP contribution is 2.24. The summed E-state index contributed by atoms with van der Waals surface area (Å²) < 4.78 is 5.40. The van der Waals surface area contributed by atoms with Crippen LogP contribution in [0.5, 0.6) is 0 Å². The van der Waals surface area contributed by atoms with Gasteiger partial charge in [0.15, 0.2) is 0 Å². The minimum Gasteiger partial charge on any atom is -0.465 e. The van der Waals surface area contributed by atoms with Crippen molar-refractivity contribution >= 4 is 33.7 Å². The van der Waals surface area contributed by atoms with Crippen LogP contribution in [0.1, 0.15) is 16.1 Å². The second-order valence-corrected chi connectivity index (χ2v) is 5.23. The predicted molar refractivity (Wildman–Crippen MR) is 69.7 cm³/mol. The Labute approximate surface area is 111 Å². The van der Waals surface area contributed by atoms with Crippen molar-refractivity contribution in [2.75, 3.05) is 12.9 Å². The van der Waals surface area contributed by atoms with Crippen LogP contribution in [0.3, 0.4) is 0 Å². The van der Waals surface area contributed by atoms with Gasteiger partial charge in [-0.3, -0.25) is 0 Å². The van der Waals surface area contributed by atoms with E-state index >= 15 is 0 Å². The van der Waals surface area contributed by atoms with Crippen molar-refractivity contribution in [3.63, 3.8) is 0 Å². The van der Waals surface area contributed by atoms with Crippen LogP contribution in [-0.4, -0.2) is 28.8 Å². The van der Waals surface area contributed by atoms with E-state index in [1.807, 2.05) is 0 Å². The van der Waals surface area contributed by atoms with Gasteiger partial charge in [0.1, 0.15) is 10.6 Å². The van der Waals surface area contributed by atoms with Crippen LogP contribution in [0.15, 0.2) is 20.9 Å². The van der Waals surface area contributed by atoms with E-state index < -0.39 is 11.7 Å². The topological polar surface area (TPSA) is 72.0 Å². The molecule has 0 amide bonds. The van der Waals surface area contributed by atoms with Gasteiger partial charge in [0.05, 0.1) is 7.11 Å². The van der Waals surface area contributed by atoms with Gasteiger partial charge >= 0.3 is 11.7 Å². The van der Waals surface area contributed by atoms with Crippen molar-refractivity contribution in [3.8, 4) is 0 Å². The van der Waals surface area contributed by atoms with Gasteiger partial charge < -0.3 is 9.72 Å². The zero-order valence-electron chi connectivity index (χ0n) is 9.37. The third kappa shape index (κ3) is 3.71. The molecule has 0 saturated carbocycles. The summed E-state index contributed by atoms with van der Waals surface area (Å²) in [5.41, 5.74) is 0.239. The first-order valence-electron chi connectivity index (χ1n) is 4.61. The minimum atomic E-state index is -0.520. The normalized spacial score (nSPS) is 10.1. The summed E-state index contributed by atoms with van der Waals surface area (Å²) in [6.45, 7) is 5.30. The number of halogens is 1. The fourth-order valence-electron chi connectivity index (χ4n) is 1.15. The third-order valence-electron chi connectivity index (χ3n) is 1.84. The quantitative estimate of drug-likeness (QED) is 0.521. The zero-order chi connectivity index (χ0) is 13.0. The molecular weight excluding hydrogens is 308 g/mol. The number of methoxy groups -OCH3 is 1. The Kier molecular flexibility index (Phi) is 4.95. The van der Waals surface area contributed by atoms with Gasteiger partial charge in [-0.1, -0.05) is 34.3 Å². The molecular formula is C10H11BrN2O3S. The lowest BCUT2D eigenvalue weighted by molar-refractivity contribution is 0.0594. The number of hydrogen-bond donors (Lipinski definition) is 1. The number of ether oxygens (including phenoxy) is 1. The Morgan fingerprint density at radius 2 is 2.29 bits per heavy atom. The molecule has 0 unspecified atom stereocenters. The van der Waals surface area contributed by atoms with Gasteiger partial charge in [-0.25, -0.2) is 9.59 Å². The lowest BCUT2D eigenvalue weighted by atomic mass is 10.2. The van der Waals surface area contributed by atoms with E-state index in [1.54, 1.807) is 6.92 Å². The molecule has 1 heterocycles. The summed E-state index contributed by atoms with van der Waals surface area (Å²) in [6, 6.07) is 0. The first-order valence-corrected chi connectivity index (χ1v) is 6.39. The van der Waals surface area contributed by atoms with E-state index in [0.717, 1.165) is 4.48 Å². The fourth-order valence-corrected chi connectivity index (χ4v) is 2.32. The molecule has 0 bridgehead atoms. The fraction of sp³-hybridized carbons (Fsp3) is 0.300. The Morgan fingerprint density at radius 1 is 1.65 bits per heavy atom. The Morgan fingerprint density at radius 3 is 2.82 bits per heavy atom. The summed E-state index contributed by atoms with van der Waals surface area (Å²) in [6.07, 6.45) is 0. The van der Waals surface area contributed by atoms with E-state index in [0.29, 0.717) is 16.5 Å². The van der Waals surface area contributed by atoms with E-state index in [9.17, 15) is 9.59 Å². The number of esters is 1. The van der Waals surface area contributed by atoms with Crippen molar-refractivity contribution in [1.29, 1.82) is 0 Å². The molecule has 0 fully saturated rings. The molecule has 17 heavy (non-hydrogen) atoms. The number of hydrogen-bond acceptors (Lipinski definition) is 5. The van der Waals surface area contributed by atoms with Gasteiger partial charge in [0.2, 0.25) is 0 Å². The number of nitrogens with one attached hydrogen (secondary N) is 1. The molecule has 0 radical (unpaired) electrons. The van der Waals surface area contributed by atoms with Gasteiger partial charge in [-0.05, 0) is 11.4 Å². The van der Waals surface area contributed by atoms with Crippen LogP contribution in [0, 0.1) is 6.92 Å². The molecule has 1 aromatic heterocycles. The van der Waals surface area contributed by atoms with E-state index in [2.05, 4.69) is 37.2 Å². The standard InChI is InChI=1S/C10H11BrN2O3S/c1-5(11)4-17-8-7(9(14)16-3)6(2)12-10(15)13-8/h1,4H2,2-3H3,(H,12,13,15). The van der Waals surface area contributed by atoms with E-state index in [4.69, 9.17) is 0 Å². The molecule has 0 saturated heterocycles. The maximum atomic E-state index is 11.6. The highest BCUT2D eigenvalue weighted by atomic mass is 79.9. The highest BCUT2D eigenvalue weighted by molar-refractivity contribution is 9.11. The molecule has 0 aliphatic rings. The lowest BCUT2D eigenvalue weighted by Crippen LogP contribution is -2.19. The molecule has 0 aliphatic carbocycles. The second-order valence-electron chi connectivity index (χ2n) is 3.14. The van der Waals surface area contributed by atoms with Gasteiger partial charge in [0, 0.05) is 11.4 Å². The second kappa shape index (κ2) is 6.02. The number of aryl methyl sites for hydroxylation is 1. The van der Waals surface area contributed by atoms with Crippen LogP contribution in [0.4, 0.5) is 0 Å². The summed E-state index contributed by atoms with van der Waals surface area (Å²) in [7, 11) is 1.28. The molecule has 1 rings (SSSR count). The largest absolute Gasteiger partial charge is 0.465 e. The highest BCUT2D eigenvalue weighted by Gasteiger charge is 2.18. The Bertz CT molecular complexity index is 513. The molecule has 0 aliphatic heterocycles. The molecule has 0 spiro atoms. The first-order chi connectivity index (χ1) is 7.95. The number of aromatic amines is 1. The summed E-state index contributed by atoms with van der Waals surface area (Å²) in [5.74, 6) is -0.00573. The van der Waals surface area contributed by atoms with Gasteiger partial charge in [-0.2, -0.15) is 4.98 Å². The maximum Gasteiger partial charge on any atom is 0.346 e. The van der Waals surface area contributed by atoms with Crippen molar-refractivity contribution in [2.45, 2.75) is 11.9 Å². The van der Waals surface area contributed by atoms with Crippen LogP contribution < -0.4 is 5.69 Å². The third-order valence-corrected chi connectivity index (χ3v) is 3.55. The van der Waals surface area contributed by atoms with Crippen LogP contribution in [-0.2, 0) is 4.74 Å². The monoisotopic (exact) mass is 318 g/mol. The molecule has 1 aromatic rings. The summed E-state index contributed by atoms with van der Waals surface area (Å²) >= 11 is 4.45. The molecule has 5 nitrogen and oxygen atoms in total. The maximum absolute atomic E-state index is 11.6. The molecule has 92 valence electrons. The van der Waals surface area contributed by atoms with E-state index in [1.165, 1.54) is 18.9 Å². The molecule has 0 aromatic carbocycles. The van der Waals surface area contributed by atoms with Crippen LogP contribution in [0.25, 0.3) is 0 Å². The number of thioether (sulfide) groups is 1. The van der Waals surface area contributed by atoms with Crippen molar-refractivity contribution in [3.05, 3.63) is 32.8 Å². The average molecular weight is 319 g/mol. The predicted octanol–water partition coefficient (Wildman–Crippen LogP) is 1.87. The zero-order valence-corrected chi connectivity index (χ0v) is 11.8. The first kappa shape index (κ1) is 14.0. The number of nitrogens with zero attached hydrogens (tertiary/aromatic N) is 1. The van der Waals surface area contributed by atoms with E-state index in [-0.39, 0.29) is 5.56 Å². The average Bonchev–Trinajstić information content (AvgIpc) is 2.24. The van der Waals surface area contributed by atoms with Crippen LogP contribution >= 0.6 is 27.7 Å². The minimum absolute atomic E-state index is 0.283. The Balaban J connectivity index is 3.20. The van der Waals surface area contributed by atoms with Crippen molar-refractivity contribution < 1.29 is 9.53 Å².